The standard InChI is InChI=1S/C10H9NO11S3/c12-11(13)10(25(20,21)22)5-8(24(17,18)19)4-6-3-7(23(14,15)16)1-2-9(6)10/h2-5H,1H2,(H,14,15,16)(H,17,18,19)(H,20,21,22). The van der Waals surface area contributed by atoms with Crippen LogP contribution in [-0.2, 0) is 30.4 Å². The fourth-order valence-electron chi connectivity index (χ4n) is 2.36. The minimum absolute atomic E-state index is 0.0271. The number of hydrogen-bond donors (Lipinski definition) is 3. The lowest BCUT2D eigenvalue weighted by molar-refractivity contribution is -0.516. The van der Waals surface area contributed by atoms with Crippen LogP contribution in [0.3, 0.4) is 0 Å². The van der Waals surface area contributed by atoms with Crippen LogP contribution in [0.25, 0.3) is 0 Å². The summed E-state index contributed by atoms with van der Waals surface area (Å²) < 4.78 is 95.8. The first kappa shape index (κ1) is 19.4. The van der Waals surface area contributed by atoms with E-state index < -0.39 is 67.5 Å². The molecule has 0 radical (unpaired) electrons. The van der Waals surface area contributed by atoms with Crippen LogP contribution in [-0.4, -0.2) is 48.7 Å². The van der Waals surface area contributed by atoms with Crippen LogP contribution >= 0.6 is 0 Å². The maximum atomic E-state index is 11.7. The molecule has 0 aromatic carbocycles. The lowest BCUT2D eigenvalue weighted by atomic mass is 9.89. The number of hydrogen-bond acceptors (Lipinski definition) is 8. The van der Waals surface area contributed by atoms with Crippen molar-refractivity contribution < 1.29 is 43.8 Å². The molecule has 2 aliphatic carbocycles. The Bertz CT molecular complexity index is 1100. The van der Waals surface area contributed by atoms with E-state index in [1.165, 1.54) is 0 Å². The van der Waals surface area contributed by atoms with Gasteiger partial charge in [-0.05, 0) is 17.7 Å². The van der Waals surface area contributed by atoms with Gasteiger partial charge < -0.3 is 0 Å². The molecule has 0 heterocycles. The quantitative estimate of drug-likeness (QED) is 0.307. The molecule has 0 fully saturated rings. The molecule has 0 bridgehead atoms. The molecule has 2 aliphatic rings. The van der Waals surface area contributed by atoms with Crippen molar-refractivity contribution in [1.29, 1.82) is 0 Å². The van der Waals surface area contributed by atoms with Gasteiger partial charge in [-0.1, -0.05) is 6.08 Å². The van der Waals surface area contributed by atoms with Gasteiger partial charge in [-0.15, -0.1) is 0 Å². The van der Waals surface area contributed by atoms with E-state index in [0.717, 1.165) is 6.08 Å². The van der Waals surface area contributed by atoms with Crippen molar-refractivity contribution in [2.75, 3.05) is 0 Å². The van der Waals surface area contributed by atoms with Gasteiger partial charge in [-0.25, -0.2) is 0 Å². The Morgan fingerprint density at radius 2 is 1.56 bits per heavy atom. The third-order valence-electron chi connectivity index (χ3n) is 3.45. The lowest BCUT2D eigenvalue weighted by Gasteiger charge is -2.28. The highest BCUT2D eigenvalue weighted by Gasteiger charge is 2.60. The SMILES string of the molecule is O=[N+]([O-])C1(S(=O)(=O)O)C=C(S(=O)(=O)O)C=C2C=C(S(=O)(=O)O)CC=C21. The molecule has 0 saturated carbocycles. The van der Waals surface area contributed by atoms with E-state index in [0.29, 0.717) is 12.2 Å². The van der Waals surface area contributed by atoms with Crippen LogP contribution in [0.5, 0.6) is 0 Å². The number of nitrogens with zero attached hydrogens (tertiary/aromatic N) is 1. The fraction of sp³-hybridized carbons (Fsp3) is 0.200. The molecule has 1 unspecified atom stereocenters. The topological polar surface area (TPSA) is 206 Å². The monoisotopic (exact) mass is 415 g/mol. The summed E-state index contributed by atoms with van der Waals surface area (Å²) in [6.45, 7) is 0. The smallest absolute Gasteiger partial charge is 0.282 e. The van der Waals surface area contributed by atoms with Crippen LogP contribution in [0.15, 0.2) is 45.3 Å². The van der Waals surface area contributed by atoms with Crippen molar-refractivity contribution >= 4 is 30.4 Å². The zero-order valence-electron chi connectivity index (χ0n) is 11.8. The number of nitro groups is 1. The first-order valence-corrected chi connectivity index (χ1v) is 10.4. The van der Waals surface area contributed by atoms with Crippen molar-refractivity contribution in [3.05, 3.63) is 55.4 Å². The van der Waals surface area contributed by atoms with E-state index in [4.69, 9.17) is 9.11 Å². The van der Waals surface area contributed by atoms with Gasteiger partial charge in [0.2, 0.25) is 0 Å². The Balaban J connectivity index is 2.93. The normalized spacial score (nSPS) is 24.4. The summed E-state index contributed by atoms with van der Waals surface area (Å²) in [4.78, 5) is 4.48. The second kappa shape index (κ2) is 5.55. The first-order valence-electron chi connectivity index (χ1n) is 6.03. The van der Waals surface area contributed by atoms with Gasteiger partial charge in [0.15, 0.2) is 0 Å². The van der Waals surface area contributed by atoms with Gasteiger partial charge in [0.05, 0.1) is 20.3 Å². The Morgan fingerprint density at radius 1 is 1.00 bits per heavy atom. The molecule has 0 amide bonds. The second-order valence-electron chi connectivity index (χ2n) is 4.96. The molecule has 25 heavy (non-hydrogen) atoms. The molecule has 3 N–H and O–H groups in total. The first-order chi connectivity index (χ1) is 11.1. The molecule has 0 aromatic heterocycles. The van der Waals surface area contributed by atoms with E-state index >= 15 is 0 Å². The predicted octanol–water partition coefficient (Wildman–Crippen LogP) is -0.339. The van der Waals surface area contributed by atoms with Crippen molar-refractivity contribution in [2.24, 2.45) is 0 Å². The maximum absolute atomic E-state index is 11.7. The maximum Gasteiger partial charge on any atom is 0.388 e. The zero-order chi connectivity index (χ0) is 19.4. The molecular formula is C10H9NO11S3. The number of fused-ring (bicyclic) bond motifs is 1. The summed E-state index contributed by atoms with van der Waals surface area (Å²) in [7, 11) is -15.5. The van der Waals surface area contributed by atoms with Crippen LogP contribution < -0.4 is 0 Å². The summed E-state index contributed by atoms with van der Waals surface area (Å²) in [5.41, 5.74) is -1.34. The summed E-state index contributed by atoms with van der Waals surface area (Å²) in [6, 6.07) is 0. The van der Waals surface area contributed by atoms with Gasteiger partial charge in [-0.2, -0.15) is 25.3 Å². The minimum Gasteiger partial charge on any atom is -0.282 e. The largest absolute Gasteiger partial charge is 0.388 e. The predicted molar refractivity (Wildman–Crippen MR) is 81.3 cm³/mol. The average Bonchev–Trinajstić information content (AvgIpc) is 2.41. The van der Waals surface area contributed by atoms with Crippen LogP contribution in [0.1, 0.15) is 6.42 Å². The summed E-state index contributed by atoms with van der Waals surface area (Å²) in [6.07, 6.45) is 1.29. The van der Waals surface area contributed by atoms with Gasteiger partial charge in [0.25, 0.3) is 20.2 Å². The molecule has 2 rings (SSSR count). The van der Waals surface area contributed by atoms with Gasteiger partial charge in [0, 0.05) is 12.5 Å². The molecule has 0 saturated heterocycles. The van der Waals surface area contributed by atoms with Crippen LogP contribution in [0, 0.1) is 10.1 Å². The van der Waals surface area contributed by atoms with Crippen LogP contribution in [0.4, 0.5) is 0 Å². The Morgan fingerprint density at radius 3 is 1.96 bits per heavy atom. The summed E-state index contributed by atoms with van der Waals surface area (Å²) in [5.74, 6) is 0. The molecule has 15 heteroatoms. The van der Waals surface area contributed by atoms with Crippen molar-refractivity contribution in [3.63, 3.8) is 0 Å². The highest BCUT2D eigenvalue weighted by atomic mass is 32.2. The second-order valence-corrected chi connectivity index (χ2v) is 9.43. The minimum atomic E-state index is -5.60. The molecule has 1 atom stereocenters. The molecule has 12 nitrogen and oxygen atoms in total. The third kappa shape index (κ3) is 3.16. The van der Waals surface area contributed by atoms with E-state index in [2.05, 4.69) is 0 Å². The van der Waals surface area contributed by atoms with Crippen LogP contribution in [0.2, 0.25) is 0 Å². The lowest BCUT2D eigenvalue weighted by Crippen LogP contribution is -2.48. The zero-order valence-corrected chi connectivity index (χ0v) is 14.2. The summed E-state index contributed by atoms with van der Waals surface area (Å²) >= 11 is 0. The molecular weight excluding hydrogens is 406 g/mol. The van der Waals surface area contributed by atoms with Gasteiger partial charge in [0.1, 0.15) is 0 Å². The highest BCUT2D eigenvalue weighted by Crippen LogP contribution is 2.43. The van der Waals surface area contributed by atoms with Crippen molar-refractivity contribution in [1.82, 2.24) is 0 Å². The van der Waals surface area contributed by atoms with Crippen molar-refractivity contribution in [2.45, 2.75) is 11.3 Å². The van der Waals surface area contributed by atoms with Gasteiger partial charge in [-0.3, -0.25) is 23.8 Å². The van der Waals surface area contributed by atoms with Gasteiger partial charge >= 0.3 is 15.0 Å². The number of allylic oxidation sites excluding steroid dienone is 4. The fourth-order valence-corrected chi connectivity index (χ4v) is 4.54. The highest BCUT2D eigenvalue weighted by molar-refractivity contribution is 7.90. The molecule has 138 valence electrons. The van der Waals surface area contributed by atoms with E-state index in [1.807, 2.05) is 0 Å². The molecule has 0 spiro atoms. The Hall–Kier alpha value is -1.91. The van der Waals surface area contributed by atoms with E-state index in [1.54, 1.807) is 0 Å². The molecule has 0 aliphatic heterocycles. The van der Waals surface area contributed by atoms with E-state index in [9.17, 15) is 39.9 Å². The Kier molecular flexibility index (Phi) is 4.31. The van der Waals surface area contributed by atoms with Crippen molar-refractivity contribution in [3.8, 4) is 0 Å². The van der Waals surface area contributed by atoms with E-state index in [-0.39, 0.29) is 6.08 Å². The Labute approximate surface area is 141 Å². The molecule has 0 aromatic rings. The number of rotatable bonds is 4. The summed E-state index contributed by atoms with van der Waals surface area (Å²) in [5, 5.41) is 11.4. The third-order valence-corrected chi connectivity index (χ3v) is 6.50. The average molecular weight is 415 g/mol.